The van der Waals surface area contributed by atoms with Crippen LogP contribution in [0.25, 0.3) is 0 Å². The monoisotopic (exact) mass is 438 g/mol. The van der Waals surface area contributed by atoms with E-state index in [1.165, 1.54) is 22.7 Å². The fourth-order valence-electron chi connectivity index (χ4n) is 3.89. The Bertz CT molecular complexity index is 950. The second-order valence-corrected chi connectivity index (χ2v) is 7.51. The number of cyclic esters (lactones) is 1. The standard InChI is InChI=1S/C19H21F3N6O3/c1-11(29)23-8-13-9-27(19(30)31-13)12-6-14(20)18(15(21)7-12)26-4-2-17(16(22)10-26)28-5-3-24-25-28/h3,5-7,13,16-17H,2,4,8-10H2,1H3,(H,23,29)/t13-,16?,17?/m0/s1. The number of rotatable bonds is 5. The van der Waals surface area contributed by atoms with E-state index < -0.39 is 36.0 Å². The molecule has 12 heteroatoms. The van der Waals surface area contributed by atoms with Crippen molar-refractivity contribution < 1.29 is 27.5 Å². The van der Waals surface area contributed by atoms with Gasteiger partial charge in [-0.1, -0.05) is 5.21 Å². The van der Waals surface area contributed by atoms with Crippen LogP contribution < -0.4 is 15.1 Å². The average molecular weight is 438 g/mol. The quantitative estimate of drug-likeness (QED) is 0.766. The molecule has 4 rings (SSSR count). The van der Waals surface area contributed by atoms with Gasteiger partial charge in [0.2, 0.25) is 5.91 Å². The first kappa shape index (κ1) is 20.9. The fraction of sp³-hybridized carbons (Fsp3) is 0.474. The molecule has 3 heterocycles. The van der Waals surface area contributed by atoms with Gasteiger partial charge in [0.15, 0.2) is 11.6 Å². The van der Waals surface area contributed by atoms with Gasteiger partial charge in [0, 0.05) is 31.8 Å². The molecule has 2 aliphatic heterocycles. The molecule has 0 radical (unpaired) electrons. The smallest absolute Gasteiger partial charge is 0.414 e. The predicted molar refractivity (Wildman–Crippen MR) is 103 cm³/mol. The molecule has 166 valence electrons. The summed E-state index contributed by atoms with van der Waals surface area (Å²) >= 11 is 0. The van der Waals surface area contributed by atoms with Crippen LogP contribution in [-0.4, -0.2) is 65.4 Å². The Balaban J connectivity index is 1.48. The van der Waals surface area contributed by atoms with E-state index in [9.17, 15) is 22.8 Å². The van der Waals surface area contributed by atoms with E-state index in [1.807, 2.05) is 0 Å². The van der Waals surface area contributed by atoms with Gasteiger partial charge in [0.05, 0.1) is 37.6 Å². The minimum absolute atomic E-state index is 0.0108. The van der Waals surface area contributed by atoms with Crippen LogP contribution in [-0.2, 0) is 9.53 Å². The van der Waals surface area contributed by atoms with Gasteiger partial charge in [-0.25, -0.2) is 22.6 Å². The van der Waals surface area contributed by atoms with Gasteiger partial charge in [0.25, 0.3) is 0 Å². The lowest BCUT2D eigenvalue weighted by molar-refractivity contribution is -0.119. The van der Waals surface area contributed by atoms with Crippen LogP contribution >= 0.6 is 0 Å². The third-order valence-corrected chi connectivity index (χ3v) is 5.37. The maximum absolute atomic E-state index is 14.9. The zero-order valence-corrected chi connectivity index (χ0v) is 16.7. The number of ether oxygens (including phenoxy) is 1. The van der Waals surface area contributed by atoms with Gasteiger partial charge in [-0.15, -0.1) is 5.10 Å². The van der Waals surface area contributed by atoms with Crippen molar-refractivity contribution in [3.05, 3.63) is 36.2 Å². The number of nitrogens with zero attached hydrogens (tertiary/aromatic N) is 5. The molecule has 1 aromatic carbocycles. The lowest BCUT2D eigenvalue weighted by Crippen LogP contribution is -2.43. The van der Waals surface area contributed by atoms with Crippen LogP contribution in [0.1, 0.15) is 19.4 Å². The van der Waals surface area contributed by atoms with E-state index in [-0.39, 0.29) is 43.5 Å². The molecular weight excluding hydrogens is 417 g/mol. The Morgan fingerprint density at radius 3 is 2.65 bits per heavy atom. The number of piperidine rings is 1. The number of hydrogen-bond acceptors (Lipinski definition) is 6. The highest BCUT2D eigenvalue weighted by Gasteiger charge is 2.36. The van der Waals surface area contributed by atoms with Crippen molar-refractivity contribution in [2.75, 3.05) is 36.0 Å². The minimum Gasteiger partial charge on any atom is -0.442 e. The topological polar surface area (TPSA) is 92.6 Å². The molecule has 2 saturated heterocycles. The molecule has 0 aliphatic carbocycles. The van der Waals surface area contributed by atoms with Gasteiger partial charge in [0.1, 0.15) is 18.0 Å². The second-order valence-electron chi connectivity index (χ2n) is 7.51. The number of benzene rings is 1. The number of carbonyl (C=O) groups excluding carboxylic acids is 2. The summed E-state index contributed by atoms with van der Waals surface area (Å²) in [5.74, 6) is -2.09. The normalized spacial score (nSPS) is 23.7. The first-order valence-electron chi connectivity index (χ1n) is 9.80. The molecule has 0 bridgehead atoms. The van der Waals surface area contributed by atoms with Crippen LogP contribution in [0, 0.1) is 11.6 Å². The molecule has 9 nitrogen and oxygen atoms in total. The SMILES string of the molecule is CC(=O)NC[C@H]1CN(c2cc(F)c(N3CCC(n4ccnn4)C(F)C3)c(F)c2)C(=O)O1. The molecule has 2 fully saturated rings. The second kappa shape index (κ2) is 8.44. The van der Waals surface area contributed by atoms with E-state index in [2.05, 4.69) is 15.6 Å². The molecule has 31 heavy (non-hydrogen) atoms. The third kappa shape index (κ3) is 4.28. The van der Waals surface area contributed by atoms with Gasteiger partial charge in [-0.2, -0.15) is 0 Å². The summed E-state index contributed by atoms with van der Waals surface area (Å²) < 4.78 is 50.9. The van der Waals surface area contributed by atoms with Crippen molar-refractivity contribution in [3.8, 4) is 0 Å². The number of alkyl halides is 1. The van der Waals surface area contributed by atoms with Gasteiger partial charge >= 0.3 is 6.09 Å². The zero-order valence-electron chi connectivity index (χ0n) is 16.7. The van der Waals surface area contributed by atoms with Crippen molar-refractivity contribution >= 4 is 23.4 Å². The first-order valence-corrected chi connectivity index (χ1v) is 9.80. The summed E-state index contributed by atoms with van der Waals surface area (Å²) in [6, 6.07) is 1.50. The molecule has 2 unspecified atom stereocenters. The summed E-state index contributed by atoms with van der Waals surface area (Å²) in [6.45, 7) is 1.48. The Hall–Kier alpha value is -3.31. The highest BCUT2D eigenvalue weighted by molar-refractivity contribution is 5.90. The first-order chi connectivity index (χ1) is 14.8. The molecule has 0 spiro atoms. The molecule has 3 atom stereocenters. The van der Waals surface area contributed by atoms with Crippen LogP contribution in [0.3, 0.4) is 0 Å². The van der Waals surface area contributed by atoms with Gasteiger partial charge in [-0.05, 0) is 6.42 Å². The van der Waals surface area contributed by atoms with E-state index in [0.717, 1.165) is 17.0 Å². The summed E-state index contributed by atoms with van der Waals surface area (Å²) in [5, 5.41) is 10.00. The van der Waals surface area contributed by atoms with Crippen molar-refractivity contribution in [1.29, 1.82) is 0 Å². The van der Waals surface area contributed by atoms with E-state index >= 15 is 0 Å². The minimum atomic E-state index is -1.39. The van der Waals surface area contributed by atoms with Crippen molar-refractivity contribution in [3.63, 3.8) is 0 Å². The van der Waals surface area contributed by atoms with E-state index in [0.29, 0.717) is 6.42 Å². The van der Waals surface area contributed by atoms with Crippen LogP contribution in [0.15, 0.2) is 24.5 Å². The van der Waals surface area contributed by atoms with E-state index in [4.69, 9.17) is 4.74 Å². The highest BCUT2D eigenvalue weighted by Crippen LogP contribution is 2.34. The Kier molecular flexibility index (Phi) is 5.70. The summed E-state index contributed by atoms with van der Waals surface area (Å²) in [6.07, 6.45) is 0.508. The van der Waals surface area contributed by atoms with Gasteiger partial charge in [-0.3, -0.25) is 9.69 Å². The molecule has 1 aromatic heterocycles. The van der Waals surface area contributed by atoms with Crippen molar-refractivity contribution in [2.45, 2.75) is 31.7 Å². The third-order valence-electron chi connectivity index (χ3n) is 5.37. The van der Waals surface area contributed by atoms with E-state index in [1.54, 1.807) is 6.20 Å². The Morgan fingerprint density at radius 2 is 2.03 bits per heavy atom. The van der Waals surface area contributed by atoms with Crippen molar-refractivity contribution in [1.82, 2.24) is 20.3 Å². The summed E-state index contributed by atoms with van der Waals surface area (Å²) in [4.78, 5) is 25.5. The number of carbonyl (C=O) groups is 2. The largest absolute Gasteiger partial charge is 0.442 e. The van der Waals surface area contributed by atoms with Crippen LogP contribution in [0.2, 0.25) is 0 Å². The molecule has 1 N–H and O–H groups in total. The lowest BCUT2D eigenvalue weighted by Gasteiger charge is -2.36. The molecule has 2 aromatic rings. The number of amides is 2. The van der Waals surface area contributed by atoms with Gasteiger partial charge < -0.3 is 15.0 Å². The summed E-state index contributed by atoms with van der Waals surface area (Å²) in [7, 11) is 0. The highest BCUT2D eigenvalue weighted by atomic mass is 19.1. The Labute approximate surface area is 175 Å². The maximum Gasteiger partial charge on any atom is 0.414 e. The number of nitrogens with one attached hydrogen (secondary N) is 1. The Morgan fingerprint density at radius 1 is 1.29 bits per heavy atom. The predicted octanol–water partition coefficient (Wildman–Crippen LogP) is 1.81. The number of anilines is 2. The number of aromatic nitrogens is 3. The maximum atomic E-state index is 14.9. The molecule has 0 saturated carbocycles. The number of halogens is 3. The van der Waals surface area contributed by atoms with Crippen LogP contribution in [0.5, 0.6) is 0 Å². The average Bonchev–Trinajstić information content (AvgIpc) is 3.36. The lowest BCUT2D eigenvalue weighted by atomic mass is 10.0. The zero-order chi connectivity index (χ0) is 22.1. The number of hydrogen-bond donors (Lipinski definition) is 1. The van der Waals surface area contributed by atoms with Crippen LogP contribution in [0.4, 0.5) is 29.3 Å². The molecule has 2 amide bonds. The molecular formula is C19H21F3N6O3. The fourth-order valence-corrected chi connectivity index (χ4v) is 3.89. The molecule has 2 aliphatic rings. The summed E-state index contributed by atoms with van der Waals surface area (Å²) in [5.41, 5.74) is -0.353. The van der Waals surface area contributed by atoms with Crippen molar-refractivity contribution in [2.24, 2.45) is 0 Å².